The number of anilines is 1. The molecule has 0 aliphatic rings. The minimum Gasteiger partial charge on any atom is -0.444 e. The average molecular weight is 415 g/mol. The van der Waals surface area contributed by atoms with Crippen LogP contribution in [0.25, 0.3) is 0 Å². The lowest BCUT2D eigenvalue weighted by Crippen LogP contribution is -2.41. The van der Waals surface area contributed by atoms with E-state index in [9.17, 15) is 14.0 Å². The summed E-state index contributed by atoms with van der Waals surface area (Å²) in [5, 5.41) is 2.85. The van der Waals surface area contributed by atoms with Crippen molar-refractivity contribution in [1.82, 2.24) is 4.90 Å². The Morgan fingerprint density at radius 2 is 1.47 bits per heavy atom. The van der Waals surface area contributed by atoms with Gasteiger partial charge in [0.25, 0.3) is 5.91 Å². The molecule has 0 heterocycles. The molecule has 162 valence electrons. The number of benzene rings is 2. The maximum absolute atomic E-state index is 13.4. The predicted octanol–water partition coefficient (Wildman–Crippen LogP) is 5.67. The van der Waals surface area contributed by atoms with Gasteiger partial charge < -0.3 is 10.1 Å². The van der Waals surface area contributed by atoms with Crippen molar-refractivity contribution in [2.24, 2.45) is 0 Å². The average Bonchev–Trinajstić information content (AvgIpc) is 2.61. The number of carbonyl (C=O) groups excluding carboxylic acids is 2. The van der Waals surface area contributed by atoms with E-state index in [1.807, 2.05) is 24.3 Å². The molecule has 2 aromatic carbocycles. The molecule has 0 aliphatic carbocycles. The molecule has 0 radical (unpaired) electrons. The largest absolute Gasteiger partial charge is 0.444 e. The molecule has 0 unspecified atom stereocenters. The van der Waals surface area contributed by atoms with Crippen molar-refractivity contribution in [3.05, 3.63) is 65.5 Å². The van der Waals surface area contributed by atoms with Gasteiger partial charge in [0.15, 0.2) is 0 Å². The summed E-state index contributed by atoms with van der Waals surface area (Å²) < 4.78 is 18.8. The van der Waals surface area contributed by atoms with Crippen LogP contribution in [-0.4, -0.2) is 29.5 Å². The fraction of sp³-hybridized carbons (Fsp3) is 0.417. The van der Waals surface area contributed by atoms with E-state index in [0.29, 0.717) is 11.3 Å². The molecule has 30 heavy (non-hydrogen) atoms. The van der Waals surface area contributed by atoms with Gasteiger partial charge in [0.1, 0.15) is 17.5 Å². The van der Waals surface area contributed by atoms with Crippen molar-refractivity contribution in [2.75, 3.05) is 12.4 Å². The van der Waals surface area contributed by atoms with E-state index >= 15 is 0 Å². The Morgan fingerprint density at radius 3 is 1.93 bits per heavy atom. The Morgan fingerprint density at radius 1 is 0.933 bits per heavy atom. The summed E-state index contributed by atoms with van der Waals surface area (Å²) in [6.45, 7) is 11.6. The molecule has 0 saturated heterocycles. The summed E-state index contributed by atoms with van der Waals surface area (Å²) in [6.07, 6.45) is -0.643. The summed E-state index contributed by atoms with van der Waals surface area (Å²) >= 11 is 0. The van der Waals surface area contributed by atoms with Gasteiger partial charge in [0, 0.05) is 12.7 Å². The van der Waals surface area contributed by atoms with E-state index in [1.54, 1.807) is 20.8 Å². The van der Waals surface area contributed by atoms with Crippen molar-refractivity contribution in [1.29, 1.82) is 0 Å². The van der Waals surface area contributed by atoms with Gasteiger partial charge in [0.05, 0.1) is 0 Å². The lowest BCUT2D eigenvalue weighted by atomic mass is 9.87. The highest BCUT2D eigenvalue weighted by Crippen LogP contribution is 2.26. The first kappa shape index (κ1) is 23.4. The molecule has 5 nitrogen and oxygen atoms in total. The number of likely N-dealkylation sites (N-methyl/N-ethyl adjacent to an activating group) is 1. The molecule has 0 spiro atoms. The lowest BCUT2D eigenvalue weighted by molar-refractivity contribution is -0.121. The minimum absolute atomic E-state index is 0.00385. The van der Waals surface area contributed by atoms with Crippen molar-refractivity contribution < 1.29 is 18.7 Å². The first-order valence-electron chi connectivity index (χ1n) is 9.90. The second-order valence-corrected chi connectivity index (χ2v) is 9.36. The Balaban J connectivity index is 2.30. The summed E-state index contributed by atoms with van der Waals surface area (Å²) in [6, 6.07) is 12.1. The molecule has 0 aromatic heterocycles. The second kappa shape index (κ2) is 8.86. The number of nitrogens with one attached hydrogen (secondary N) is 1. The van der Waals surface area contributed by atoms with Crippen LogP contribution in [0, 0.1) is 5.82 Å². The molecular weight excluding hydrogens is 383 g/mol. The van der Waals surface area contributed by atoms with Crippen LogP contribution in [0.2, 0.25) is 0 Å². The summed E-state index contributed by atoms with van der Waals surface area (Å²) in [7, 11) is 1.49. The topological polar surface area (TPSA) is 58.6 Å². The second-order valence-electron chi connectivity index (χ2n) is 9.36. The SMILES string of the molecule is CN(C(=O)OC(C)(C)C)[C@@H](C(=O)Nc1ccc(C(C)(C)C)cc1)c1ccc(F)cc1. The van der Waals surface area contributed by atoms with Gasteiger partial charge in [-0.15, -0.1) is 0 Å². The monoisotopic (exact) mass is 414 g/mol. The zero-order chi connectivity index (χ0) is 22.7. The van der Waals surface area contributed by atoms with E-state index in [2.05, 4.69) is 26.1 Å². The zero-order valence-electron chi connectivity index (χ0n) is 18.7. The summed E-state index contributed by atoms with van der Waals surface area (Å²) in [5.41, 5.74) is 1.52. The highest BCUT2D eigenvalue weighted by atomic mass is 19.1. The highest BCUT2D eigenvalue weighted by Gasteiger charge is 2.32. The van der Waals surface area contributed by atoms with Crippen LogP contribution in [0.15, 0.2) is 48.5 Å². The van der Waals surface area contributed by atoms with Crippen LogP contribution in [0.4, 0.5) is 14.9 Å². The maximum Gasteiger partial charge on any atom is 0.410 e. The third kappa shape index (κ3) is 6.31. The molecule has 0 saturated carbocycles. The first-order valence-corrected chi connectivity index (χ1v) is 9.90. The van der Waals surface area contributed by atoms with Crippen molar-refractivity contribution in [3.8, 4) is 0 Å². The van der Waals surface area contributed by atoms with Crippen LogP contribution >= 0.6 is 0 Å². The van der Waals surface area contributed by atoms with Gasteiger partial charge in [-0.25, -0.2) is 9.18 Å². The van der Waals surface area contributed by atoms with Gasteiger partial charge in [-0.1, -0.05) is 45.0 Å². The molecule has 2 aromatic rings. The summed E-state index contributed by atoms with van der Waals surface area (Å²) in [4.78, 5) is 27.0. The van der Waals surface area contributed by atoms with Gasteiger partial charge in [-0.2, -0.15) is 0 Å². The standard InChI is InChI=1S/C24H31FN2O3/c1-23(2,3)17-10-14-19(15-11-17)26-21(28)20(16-8-12-18(25)13-9-16)27(7)22(29)30-24(4,5)6/h8-15,20H,1-7H3,(H,26,28)/t20-/m1/s1. The first-order chi connectivity index (χ1) is 13.8. The fourth-order valence-corrected chi connectivity index (χ4v) is 2.90. The third-order valence-electron chi connectivity index (χ3n) is 4.52. The van der Waals surface area contributed by atoms with Crippen molar-refractivity contribution in [2.45, 2.75) is 58.6 Å². The number of rotatable bonds is 4. The van der Waals surface area contributed by atoms with E-state index in [-0.39, 0.29) is 5.41 Å². The fourth-order valence-electron chi connectivity index (χ4n) is 2.90. The van der Waals surface area contributed by atoms with Crippen LogP contribution in [0.3, 0.4) is 0 Å². The molecule has 1 N–H and O–H groups in total. The highest BCUT2D eigenvalue weighted by molar-refractivity contribution is 5.97. The van der Waals surface area contributed by atoms with E-state index in [0.717, 1.165) is 5.56 Å². The maximum atomic E-state index is 13.4. The number of halogens is 1. The number of nitrogens with zero attached hydrogens (tertiary/aromatic N) is 1. The number of hydrogen-bond donors (Lipinski definition) is 1. The Hall–Kier alpha value is -2.89. The Labute approximate surface area is 178 Å². The summed E-state index contributed by atoms with van der Waals surface area (Å²) in [5.74, 6) is -0.839. The molecular formula is C24H31FN2O3. The quantitative estimate of drug-likeness (QED) is 0.701. The normalized spacial score (nSPS) is 12.8. The lowest BCUT2D eigenvalue weighted by Gasteiger charge is -2.30. The Bertz CT molecular complexity index is 879. The van der Waals surface area contributed by atoms with Crippen molar-refractivity contribution in [3.63, 3.8) is 0 Å². The van der Waals surface area contributed by atoms with Gasteiger partial charge >= 0.3 is 6.09 Å². The van der Waals surface area contributed by atoms with Crippen molar-refractivity contribution >= 4 is 17.7 Å². The predicted molar refractivity (Wildman–Crippen MR) is 117 cm³/mol. The number of ether oxygens (including phenoxy) is 1. The number of amides is 2. The van der Waals surface area contributed by atoms with Crippen LogP contribution in [0.5, 0.6) is 0 Å². The van der Waals surface area contributed by atoms with Gasteiger partial charge in [-0.3, -0.25) is 9.69 Å². The van der Waals surface area contributed by atoms with E-state index in [4.69, 9.17) is 4.74 Å². The van der Waals surface area contributed by atoms with Crippen LogP contribution < -0.4 is 5.32 Å². The molecule has 2 rings (SSSR count). The van der Waals surface area contributed by atoms with Gasteiger partial charge in [-0.05, 0) is 61.6 Å². The van der Waals surface area contributed by atoms with Crippen LogP contribution in [0.1, 0.15) is 58.7 Å². The molecule has 1 atom stereocenters. The van der Waals surface area contributed by atoms with Gasteiger partial charge in [0.2, 0.25) is 0 Å². The molecule has 0 fully saturated rings. The third-order valence-corrected chi connectivity index (χ3v) is 4.52. The molecule has 0 aliphatic heterocycles. The molecule has 0 bridgehead atoms. The smallest absolute Gasteiger partial charge is 0.410 e. The molecule has 2 amide bonds. The number of carbonyl (C=O) groups is 2. The zero-order valence-corrected chi connectivity index (χ0v) is 18.7. The number of hydrogen-bond acceptors (Lipinski definition) is 3. The molecule has 6 heteroatoms. The Kier molecular flexibility index (Phi) is 6.91. The minimum atomic E-state index is -0.984. The van der Waals surface area contributed by atoms with E-state index in [1.165, 1.54) is 36.2 Å². The van der Waals surface area contributed by atoms with E-state index < -0.39 is 29.5 Å². The van der Waals surface area contributed by atoms with Crippen LogP contribution in [-0.2, 0) is 14.9 Å².